The van der Waals surface area contributed by atoms with Gasteiger partial charge in [0.05, 0.1) is 22.2 Å². The Kier molecular flexibility index (Phi) is 10.6. The van der Waals surface area contributed by atoms with Crippen molar-refractivity contribution in [3.05, 3.63) is 118 Å². The van der Waals surface area contributed by atoms with Crippen LogP contribution in [0.15, 0.2) is 85.2 Å². The number of benzene rings is 3. The van der Waals surface area contributed by atoms with Crippen molar-refractivity contribution in [2.45, 2.75) is 51.2 Å². The van der Waals surface area contributed by atoms with E-state index in [4.69, 9.17) is 22.1 Å². The summed E-state index contributed by atoms with van der Waals surface area (Å²) in [6, 6.07) is 21.8. The summed E-state index contributed by atoms with van der Waals surface area (Å²) in [5.74, 6) is -0.875. The van der Waals surface area contributed by atoms with Crippen LogP contribution in [0.4, 0.5) is 8.78 Å². The fourth-order valence-electron chi connectivity index (χ4n) is 5.55. The van der Waals surface area contributed by atoms with Crippen LogP contribution in [0.2, 0.25) is 5.02 Å². The minimum atomic E-state index is -0.636. The SMILES string of the molecule is COc1ccc(-c2ccncc2)cc1CN(C(=O)c1sc2c(F)ccc(F)c2c1Cl)C1CCCCC1.NCc1ccccc1. The molecule has 1 fully saturated rings. The lowest BCUT2D eigenvalue weighted by Crippen LogP contribution is -2.40. The van der Waals surface area contributed by atoms with Crippen LogP contribution in [-0.2, 0) is 13.1 Å². The highest BCUT2D eigenvalue weighted by Crippen LogP contribution is 2.40. The summed E-state index contributed by atoms with van der Waals surface area (Å²) in [6.45, 7) is 0.933. The first kappa shape index (κ1) is 31.6. The lowest BCUT2D eigenvalue weighted by molar-refractivity contribution is 0.0618. The first-order valence-electron chi connectivity index (χ1n) is 14.6. The number of amides is 1. The summed E-state index contributed by atoms with van der Waals surface area (Å²) in [4.78, 5) is 20.0. The van der Waals surface area contributed by atoms with Gasteiger partial charge in [-0.05, 0) is 65.9 Å². The third kappa shape index (κ3) is 7.09. The average Bonchev–Trinajstić information content (AvgIpc) is 3.44. The first-order chi connectivity index (χ1) is 21.4. The third-order valence-electron chi connectivity index (χ3n) is 7.87. The highest BCUT2D eigenvalue weighted by Gasteiger charge is 2.31. The first-order valence-corrected chi connectivity index (χ1v) is 15.8. The number of aromatic nitrogens is 1. The lowest BCUT2D eigenvalue weighted by Gasteiger charge is -2.34. The monoisotopic (exact) mass is 633 g/mol. The largest absolute Gasteiger partial charge is 0.496 e. The van der Waals surface area contributed by atoms with E-state index in [9.17, 15) is 13.6 Å². The molecule has 5 aromatic rings. The molecule has 0 saturated heterocycles. The number of nitrogens with two attached hydrogens (primary N) is 1. The molecule has 44 heavy (non-hydrogen) atoms. The summed E-state index contributed by atoms with van der Waals surface area (Å²) in [5, 5.41) is -0.0683. The number of fused-ring (bicyclic) bond motifs is 1. The van der Waals surface area contributed by atoms with E-state index in [1.165, 1.54) is 5.56 Å². The third-order valence-corrected chi connectivity index (χ3v) is 9.54. The summed E-state index contributed by atoms with van der Waals surface area (Å²) in [5.41, 5.74) is 9.37. The number of hydrogen-bond acceptors (Lipinski definition) is 5. The van der Waals surface area contributed by atoms with E-state index in [-0.39, 0.29) is 31.9 Å². The predicted molar refractivity (Wildman–Crippen MR) is 174 cm³/mol. The van der Waals surface area contributed by atoms with Crippen molar-refractivity contribution in [2.75, 3.05) is 7.11 Å². The number of carbonyl (C=O) groups excluding carboxylic acids is 1. The summed E-state index contributed by atoms with van der Waals surface area (Å²) in [6.07, 6.45) is 8.36. The number of nitrogens with zero attached hydrogens (tertiary/aromatic N) is 2. The van der Waals surface area contributed by atoms with E-state index in [2.05, 4.69) is 4.98 Å². The number of carbonyl (C=O) groups is 1. The van der Waals surface area contributed by atoms with Gasteiger partial charge in [0.2, 0.25) is 0 Å². The molecule has 2 N–H and O–H groups in total. The second-order valence-corrected chi connectivity index (χ2v) is 12.1. The smallest absolute Gasteiger partial charge is 0.266 e. The zero-order valence-electron chi connectivity index (χ0n) is 24.4. The summed E-state index contributed by atoms with van der Waals surface area (Å²) in [7, 11) is 1.60. The molecule has 6 rings (SSSR count). The van der Waals surface area contributed by atoms with Crippen LogP contribution in [-0.4, -0.2) is 28.9 Å². The molecule has 0 unspecified atom stereocenters. The molecule has 0 radical (unpaired) electrons. The Labute approximate surface area is 265 Å². The predicted octanol–water partition coefficient (Wildman–Crippen LogP) is 9.02. The van der Waals surface area contributed by atoms with Gasteiger partial charge in [0.1, 0.15) is 22.3 Å². The van der Waals surface area contributed by atoms with Crippen molar-refractivity contribution in [3.63, 3.8) is 0 Å². The van der Waals surface area contributed by atoms with Crippen LogP contribution in [0.25, 0.3) is 21.2 Å². The summed E-state index contributed by atoms with van der Waals surface area (Å²) < 4.78 is 34.7. The van der Waals surface area contributed by atoms with E-state index in [1.54, 1.807) is 24.4 Å². The lowest BCUT2D eigenvalue weighted by atomic mass is 9.93. The Balaban J connectivity index is 0.000000418. The molecule has 0 aliphatic heterocycles. The molecular formula is C35H34ClF2N3O2S. The van der Waals surface area contributed by atoms with Crippen LogP contribution in [0, 0.1) is 11.6 Å². The van der Waals surface area contributed by atoms with Crippen molar-refractivity contribution in [1.29, 1.82) is 0 Å². The molecule has 0 spiro atoms. The molecule has 0 atom stereocenters. The summed E-state index contributed by atoms with van der Waals surface area (Å²) >= 11 is 7.41. The minimum absolute atomic E-state index is 0.00323. The molecule has 0 bridgehead atoms. The Hall–Kier alpha value is -3.85. The second-order valence-electron chi connectivity index (χ2n) is 10.7. The fourth-order valence-corrected chi connectivity index (χ4v) is 7.05. The van der Waals surface area contributed by atoms with E-state index < -0.39 is 11.6 Å². The molecule has 1 saturated carbocycles. The molecule has 1 aliphatic carbocycles. The maximum Gasteiger partial charge on any atom is 0.266 e. The molecule has 5 nitrogen and oxygen atoms in total. The molecule has 9 heteroatoms. The zero-order chi connectivity index (χ0) is 31.1. The topological polar surface area (TPSA) is 68.5 Å². The van der Waals surface area contributed by atoms with Crippen molar-refractivity contribution in [3.8, 4) is 16.9 Å². The van der Waals surface area contributed by atoms with Gasteiger partial charge in [0, 0.05) is 37.1 Å². The molecule has 2 heterocycles. The molecule has 1 amide bonds. The number of rotatable bonds is 7. The zero-order valence-corrected chi connectivity index (χ0v) is 26.0. The number of ether oxygens (including phenoxy) is 1. The highest BCUT2D eigenvalue weighted by molar-refractivity contribution is 7.21. The number of methoxy groups -OCH3 is 1. The van der Waals surface area contributed by atoms with Crippen molar-refractivity contribution < 1.29 is 18.3 Å². The Morgan fingerprint density at radius 3 is 2.32 bits per heavy atom. The average molecular weight is 634 g/mol. The van der Waals surface area contributed by atoms with Gasteiger partial charge in [-0.15, -0.1) is 11.3 Å². The standard InChI is InChI=1S/C28H25ClF2N2O2S.C7H9N/c1-35-23-10-7-18(17-11-13-32-14-12-17)15-19(23)16-33(20-5-3-2-4-6-20)28(34)27-25(29)24-21(30)8-9-22(31)26(24)36-27;8-6-7-4-2-1-3-5-7/h7-15,20H,2-6,16H2,1H3;1-5H,6,8H2. The van der Waals surface area contributed by atoms with E-state index in [0.29, 0.717) is 18.8 Å². The van der Waals surface area contributed by atoms with Gasteiger partial charge >= 0.3 is 0 Å². The number of halogens is 3. The molecule has 228 valence electrons. The Morgan fingerprint density at radius 1 is 0.977 bits per heavy atom. The second kappa shape index (κ2) is 14.8. The maximum atomic E-state index is 14.5. The molecule has 1 aliphatic rings. The fraction of sp³-hybridized carbons (Fsp3) is 0.257. The Morgan fingerprint density at radius 2 is 1.68 bits per heavy atom. The number of pyridine rings is 1. The van der Waals surface area contributed by atoms with Crippen LogP contribution in [0.1, 0.15) is 52.9 Å². The quantitative estimate of drug-likeness (QED) is 0.194. The van der Waals surface area contributed by atoms with Gasteiger partial charge < -0.3 is 15.4 Å². The minimum Gasteiger partial charge on any atom is -0.496 e. The van der Waals surface area contributed by atoms with Crippen LogP contribution < -0.4 is 10.5 Å². The van der Waals surface area contributed by atoms with Gasteiger partial charge in [0.25, 0.3) is 5.91 Å². The van der Waals surface area contributed by atoms with Gasteiger partial charge in [-0.2, -0.15) is 0 Å². The van der Waals surface area contributed by atoms with E-state index in [1.807, 2.05) is 60.7 Å². The van der Waals surface area contributed by atoms with Gasteiger partial charge in [-0.25, -0.2) is 8.78 Å². The van der Waals surface area contributed by atoms with Crippen molar-refractivity contribution >= 4 is 38.9 Å². The number of hydrogen-bond donors (Lipinski definition) is 1. The normalized spacial score (nSPS) is 13.3. The van der Waals surface area contributed by atoms with Crippen molar-refractivity contribution in [2.24, 2.45) is 5.73 Å². The van der Waals surface area contributed by atoms with E-state index in [0.717, 1.165) is 72.3 Å². The highest BCUT2D eigenvalue weighted by atomic mass is 35.5. The number of thiophene rings is 1. The molecular weight excluding hydrogens is 600 g/mol. The van der Waals surface area contributed by atoms with Gasteiger partial charge in [-0.3, -0.25) is 9.78 Å². The van der Waals surface area contributed by atoms with Crippen LogP contribution in [0.3, 0.4) is 0 Å². The molecule has 2 aromatic heterocycles. The van der Waals surface area contributed by atoms with Crippen LogP contribution in [0.5, 0.6) is 5.75 Å². The molecule has 3 aromatic carbocycles. The van der Waals surface area contributed by atoms with Crippen LogP contribution >= 0.6 is 22.9 Å². The van der Waals surface area contributed by atoms with Gasteiger partial charge in [-0.1, -0.05) is 67.3 Å². The van der Waals surface area contributed by atoms with E-state index >= 15 is 0 Å². The Bertz CT molecular complexity index is 1710. The van der Waals surface area contributed by atoms with Gasteiger partial charge in [0.15, 0.2) is 0 Å². The van der Waals surface area contributed by atoms with Crippen molar-refractivity contribution in [1.82, 2.24) is 9.88 Å². The maximum absolute atomic E-state index is 14.5.